The topological polar surface area (TPSA) is 47.4 Å². The van der Waals surface area contributed by atoms with Gasteiger partial charge in [-0.15, -0.1) is 0 Å². The maximum absolute atomic E-state index is 12.4. The minimum atomic E-state index is 0.123. The molecule has 0 radical (unpaired) electrons. The zero-order chi connectivity index (χ0) is 15.9. The molecular formula is C17H29N3O2. The molecule has 0 bridgehead atoms. The third kappa shape index (κ3) is 5.13. The van der Waals surface area contributed by atoms with Crippen molar-refractivity contribution in [1.82, 2.24) is 14.7 Å². The van der Waals surface area contributed by atoms with Crippen LogP contribution in [0, 0.1) is 12.8 Å². The first-order valence-electron chi connectivity index (χ1n) is 8.42. The van der Waals surface area contributed by atoms with Crippen LogP contribution >= 0.6 is 0 Å². The third-order valence-corrected chi connectivity index (χ3v) is 4.17. The normalized spacial score (nSPS) is 18.9. The van der Waals surface area contributed by atoms with E-state index in [9.17, 15) is 4.79 Å². The molecule has 0 N–H and O–H groups in total. The van der Waals surface area contributed by atoms with Crippen LogP contribution in [0.4, 0.5) is 0 Å². The number of likely N-dealkylation sites (tertiary alicyclic amines) is 1. The Bertz CT molecular complexity index is 470. The molecule has 2 rings (SSSR count). The van der Waals surface area contributed by atoms with Gasteiger partial charge in [-0.3, -0.25) is 9.48 Å². The van der Waals surface area contributed by atoms with E-state index < -0.39 is 0 Å². The van der Waals surface area contributed by atoms with Crippen LogP contribution in [0.3, 0.4) is 0 Å². The molecule has 1 aromatic heterocycles. The highest BCUT2D eigenvalue weighted by atomic mass is 16.5. The Morgan fingerprint density at radius 2 is 2.27 bits per heavy atom. The molecule has 1 aliphatic heterocycles. The average molecular weight is 307 g/mol. The number of ether oxygens (including phenoxy) is 1. The second-order valence-electron chi connectivity index (χ2n) is 6.71. The fourth-order valence-corrected chi connectivity index (χ4v) is 2.86. The Labute approximate surface area is 133 Å². The molecule has 1 atom stereocenters. The monoisotopic (exact) mass is 307 g/mol. The van der Waals surface area contributed by atoms with Crippen LogP contribution in [0.15, 0.2) is 12.4 Å². The molecule has 2 heterocycles. The Balaban J connectivity index is 1.84. The van der Waals surface area contributed by atoms with Gasteiger partial charge in [-0.2, -0.15) is 5.10 Å². The van der Waals surface area contributed by atoms with Crippen molar-refractivity contribution >= 4 is 5.91 Å². The Morgan fingerprint density at radius 3 is 2.95 bits per heavy atom. The van der Waals surface area contributed by atoms with Crippen molar-refractivity contribution in [3.05, 3.63) is 18.0 Å². The first-order chi connectivity index (χ1) is 10.6. The molecule has 124 valence electrons. The molecule has 1 amide bonds. The van der Waals surface area contributed by atoms with Gasteiger partial charge >= 0.3 is 0 Å². The van der Waals surface area contributed by atoms with Crippen LogP contribution < -0.4 is 0 Å². The summed E-state index contributed by atoms with van der Waals surface area (Å²) < 4.78 is 7.50. The van der Waals surface area contributed by atoms with E-state index in [2.05, 4.69) is 18.9 Å². The predicted molar refractivity (Wildman–Crippen MR) is 86.6 cm³/mol. The minimum absolute atomic E-state index is 0.123. The van der Waals surface area contributed by atoms with E-state index in [0.29, 0.717) is 12.5 Å². The zero-order valence-corrected chi connectivity index (χ0v) is 14.1. The highest BCUT2D eigenvalue weighted by Crippen LogP contribution is 2.19. The molecule has 1 aromatic rings. The zero-order valence-electron chi connectivity index (χ0n) is 14.1. The van der Waals surface area contributed by atoms with Crippen molar-refractivity contribution in [2.45, 2.75) is 59.0 Å². The lowest BCUT2D eigenvalue weighted by Gasteiger charge is -2.35. The van der Waals surface area contributed by atoms with Crippen LogP contribution in [0.1, 0.15) is 45.1 Å². The number of rotatable bonds is 7. The van der Waals surface area contributed by atoms with Crippen molar-refractivity contribution in [2.75, 3.05) is 19.8 Å². The molecule has 1 aliphatic rings. The smallest absolute Gasteiger partial charge is 0.248 e. The molecule has 5 nitrogen and oxygen atoms in total. The van der Waals surface area contributed by atoms with Crippen LogP contribution in [-0.4, -0.2) is 46.4 Å². The maximum atomic E-state index is 12.4. The number of aromatic nitrogens is 2. The second kappa shape index (κ2) is 8.32. The Hall–Kier alpha value is -1.36. The summed E-state index contributed by atoms with van der Waals surface area (Å²) in [6.07, 6.45) is 8.23. The number of hydrogen-bond acceptors (Lipinski definition) is 3. The molecule has 0 aliphatic carbocycles. The van der Waals surface area contributed by atoms with E-state index in [4.69, 9.17) is 4.74 Å². The van der Waals surface area contributed by atoms with Gasteiger partial charge in [0.25, 0.3) is 0 Å². The molecule has 1 unspecified atom stereocenters. The molecule has 1 fully saturated rings. The highest BCUT2D eigenvalue weighted by molar-refractivity contribution is 5.77. The summed E-state index contributed by atoms with van der Waals surface area (Å²) in [5.41, 5.74) is 1.16. The van der Waals surface area contributed by atoms with E-state index in [1.54, 1.807) is 0 Å². The summed E-state index contributed by atoms with van der Waals surface area (Å²) in [7, 11) is 0. The number of piperidine rings is 1. The number of carbonyl (C=O) groups excluding carboxylic acids is 1. The minimum Gasteiger partial charge on any atom is -0.372 e. The van der Waals surface area contributed by atoms with Crippen molar-refractivity contribution in [3.8, 4) is 0 Å². The lowest BCUT2D eigenvalue weighted by atomic mass is 10.0. The summed E-state index contributed by atoms with van der Waals surface area (Å²) in [4.78, 5) is 14.4. The summed E-state index contributed by atoms with van der Waals surface area (Å²) in [6.45, 7) is 8.87. The molecule has 1 saturated heterocycles. The number of amides is 1. The van der Waals surface area contributed by atoms with Crippen molar-refractivity contribution in [2.24, 2.45) is 5.92 Å². The lowest BCUT2D eigenvalue weighted by molar-refractivity contribution is -0.140. The number of hydrogen-bond donors (Lipinski definition) is 0. The summed E-state index contributed by atoms with van der Waals surface area (Å²) >= 11 is 0. The van der Waals surface area contributed by atoms with Gasteiger partial charge in [0.15, 0.2) is 0 Å². The quantitative estimate of drug-likeness (QED) is 0.728. The highest BCUT2D eigenvalue weighted by Gasteiger charge is 2.27. The van der Waals surface area contributed by atoms with Gasteiger partial charge in [-0.25, -0.2) is 0 Å². The SMILES string of the molecule is Cc1cnn(CC2CCCCN2C(=O)COCCC(C)C)c1. The largest absolute Gasteiger partial charge is 0.372 e. The van der Waals surface area contributed by atoms with E-state index in [1.807, 2.05) is 28.9 Å². The van der Waals surface area contributed by atoms with Gasteiger partial charge < -0.3 is 9.64 Å². The fraction of sp³-hybridized carbons (Fsp3) is 0.765. The summed E-state index contributed by atoms with van der Waals surface area (Å²) in [5.74, 6) is 0.734. The van der Waals surface area contributed by atoms with Gasteiger partial charge in [0, 0.05) is 19.3 Å². The van der Waals surface area contributed by atoms with Gasteiger partial charge in [-0.05, 0) is 44.1 Å². The van der Waals surface area contributed by atoms with E-state index in [0.717, 1.165) is 37.9 Å². The molecule has 0 saturated carbocycles. The maximum Gasteiger partial charge on any atom is 0.248 e. The lowest BCUT2D eigenvalue weighted by Crippen LogP contribution is -2.47. The first kappa shape index (κ1) is 17.0. The summed E-state index contributed by atoms with van der Waals surface area (Å²) in [6, 6.07) is 0.245. The second-order valence-corrected chi connectivity index (χ2v) is 6.71. The van der Waals surface area contributed by atoms with Gasteiger partial charge in [0.1, 0.15) is 6.61 Å². The molecule has 0 aromatic carbocycles. The van der Waals surface area contributed by atoms with Gasteiger partial charge in [0.05, 0.1) is 18.8 Å². The van der Waals surface area contributed by atoms with Crippen LogP contribution in [0.5, 0.6) is 0 Å². The van der Waals surface area contributed by atoms with Crippen molar-refractivity contribution < 1.29 is 9.53 Å². The molecule has 5 heteroatoms. The van der Waals surface area contributed by atoms with Crippen LogP contribution in [0.2, 0.25) is 0 Å². The number of nitrogens with zero attached hydrogens (tertiary/aromatic N) is 3. The molecular weight excluding hydrogens is 278 g/mol. The summed E-state index contributed by atoms with van der Waals surface area (Å²) in [5, 5.41) is 4.35. The molecule has 22 heavy (non-hydrogen) atoms. The van der Waals surface area contributed by atoms with Gasteiger partial charge in [0.2, 0.25) is 5.91 Å². The first-order valence-corrected chi connectivity index (χ1v) is 8.42. The van der Waals surface area contributed by atoms with E-state index in [-0.39, 0.29) is 18.6 Å². The third-order valence-electron chi connectivity index (χ3n) is 4.17. The van der Waals surface area contributed by atoms with Crippen LogP contribution in [0.25, 0.3) is 0 Å². The number of carbonyl (C=O) groups is 1. The molecule has 0 spiro atoms. The van der Waals surface area contributed by atoms with Crippen molar-refractivity contribution in [3.63, 3.8) is 0 Å². The van der Waals surface area contributed by atoms with Gasteiger partial charge in [-0.1, -0.05) is 13.8 Å². The fourth-order valence-electron chi connectivity index (χ4n) is 2.86. The Morgan fingerprint density at radius 1 is 1.45 bits per heavy atom. The van der Waals surface area contributed by atoms with E-state index in [1.165, 1.54) is 6.42 Å². The van der Waals surface area contributed by atoms with Crippen molar-refractivity contribution in [1.29, 1.82) is 0 Å². The predicted octanol–water partition coefficient (Wildman–Crippen LogP) is 2.64. The number of aryl methyl sites for hydroxylation is 1. The average Bonchev–Trinajstić information content (AvgIpc) is 2.89. The van der Waals surface area contributed by atoms with E-state index >= 15 is 0 Å². The standard InChI is InChI=1S/C17H29N3O2/c1-14(2)7-9-22-13-17(21)20-8-5-4-6-16(20)12-19-11-15(3)10-18-19/h10-11,14,16H,4-9,12-13H2,1-3H3. The van der Waals surface area contributed by atoms with Crippen LogP contribution in [-0.2, 0) is 16.1 Å². The Kier molecular flexibility index (Phi) is 6.43.